The Morgan fingerprint density at radius 2 is 0.909 bits per heavy atom. The van der Waals surface area contributed by atoms with Crippen LogP contribution in [0.3, 0.4) is 0 Å². The molecule has 0 spiro atoms. The van der Waals surface area contributed by atoms with E-state index in [0.29, 0.717) is 5.92 Å². The number of fused-ring (bicyclic) bond motifs is 4. The third kappa shape index (κ3) is 4.08. The molecule has 0 bridgehead atoms. The Morgan fingerprint density at radius 1 is 0.515 bits per heavy atom. The summed E-state index contributed by atoms with van der Waals surface area (Å²) in [6.07, 6.45) is 0. The topological polar surface area (TPSA) is 34.1 Å². The van der Waals surface area contributed by atoms with E-state index in [9.17, 15) is 9.59 Å². The predicted molar refractivity (Wildman–Crippen MR) is 145 cm³/mol. The summed E-state index contributed by atoms with van der Waals surface area (Å²) in [5.41, 5.74) is 1.52. The molecule has 2 aromatic heterocycles. The van der Waals surface area contributed by atoms with Gasteiger partial charge in [-0.3, -0.25) is 9.59 Å². The Balaban J connectivity index is 0.000000140. The summed E-state index contributed by atoms with van der Waals surface area (Å²) in [5.74, 6) is 0.449. The smallest absolute Gasteiger partial charge is 0.195 e. The summed E-state index contributed by atoms with van der Waals surface area (Å²) in [6, 6.07) is 29.6. The van der Waals surface area contributed by atoms with Gasteiger partial charge in [0.05, 0.1) is 0 Å². The fourth-order valence-electron chi connectivity index (χ4n) is 3.93. The molecule has 33 heavy (non-hydrogen) atoms. The highest BCUT2D eigenvalue weighted by atomic mass is 32.1. The van der Waals surface area contributed by atoms with Crippen molar-refractivity contribution in [3.8, 4) is 0 Å². The quantitative estimate of drug-likeness (QED) is 0.230. The maximum absolute atomic E-state index is 12.5. The van der Waals surface area contributed by atoms with Crippen molar-refractivity contribution in [3.05, 3.63) is 117 Å². The van der Waals surface area contributed by atoms with Crippen LogP contribution in [0, 0.1) is 0 Å². The molecule has 0 N–H and O–H groups in total. The van der Waals surface area contributed by atoms with E-state index in [-0.39, 0.29) is 10.9 Å². The normalized spacial score (nSPS) is 11.2. The molecule has 0 amide bonds. The van der Waals surface area contributed by atoms with Crippen LogP contribution in [0.2, 0.25) is 0 Å². The SMILES string of the molecule is CC(C)c1ccc2sc3ccccc3c(=O)c2c1.O=c1c2ccccc2sc2ccccc12. The minimum Gasteiger partial charge on any atom is -0.289 e. The Bertz CT molecular complexity index is 1690. The monoisotopic (exact) mass is 466 g/mol. The molecular formula is C29H22O2S2. The molecule has 0 saturated heterocycles. The minimum absolute atomic E-state index is 0.139. The molecular weight excluding hydrogens is 444 g/mol. The highest BCUT2D eigenvalue weighted by molar-refractivity contribution is 7.24. The predicted octanol–water partition coefficient (Wildman–Crippen LogP) is 7.95. The zero-order valence-electron chi connectivity index (χ0n) is 18.4. The number of benzene rings is 4. The lowest BCUT2D eigenvalue weighted by atomic mass is 10.0. The van der Waals surface area contributed by atoms with Crippen LogP contribution >= 0.6 is 22.7 Å². The molecule has 0 fully saturated rings. The van der Waals surface area contributed by atoms with Gasteiger partial charge in [0, 0.05) is 40.3 Å². The third-order valence-electron chi connectivity index (χ3n) is 5.75. The van der Waals surface area contributed by atoms with Gasteiger partial charge in [-0.05, 0) is 60.0 Å². The molecule has 6 rings (SSSR count). The van der Waals surface area contributed by atoms with Crippen LogP contribution in [-0.2, 0) is 0 Å². The molecule has 162 valence electrons. The highest BCUT2D eigenvalue weighted by Gasteiger charge is 2.07. The minimum atomic E-state index is 0.139. The lowest BCUT2D eigenvalue weighted by Crippen LogP contribution is -2.01. The summed E-state index contributed by atoms with van der Waals surface area (Å²) < 4.78 is 4.25. The van der Waals surface area contributed by atoms with Crippen molar-refractivity contribution in [2.24, 2.45) is 0 Å². The second kappa shape index (κ2) is 8.89. The molecule has 6 aromatic rings. The molecule has 0 unspecified atom stereocenters. The Labute approximate surface area is 199 Å². The maximum Gasteiger partial charge on any atom is 0.195 e. The molecule has 4 aromatic carbocycles. The van der Waals surface area contributed by atoms with Crippen molar-refractivity contribution >= 4 is 63.0 Å². The van der Waals surface area contributed by atoms with E-state index in [0.717, 1.165) is 40.3 Å². The van der Waals surface area contributed by atoms with Gasteiger partial charge in [-0.1, -0.05) is 56.3 Å². The van der Waals surface area contributed by atoms with E-state index >= 15 is 0 Å². The van der Waals surface area contributed by atoms with E-state index in [1.54, 1.807) is 22.7 Å². The van der Waals surface area contributed by atoms with Gasteiger partial charge in [0.1, 0.15) is 0 Å². The first kappa shape index (κ1) is 21.5. The summed E-state index contributed by atoms with van der Waals surface area (Å²) in [5, 5.41) is 3.32. The van der Waals surface area contributed by atoms with Crippen LogP contribution in [0.4, 0.5) is 0 Å². The lowest BCUT2D eigenvalue weighted by Gasteiger charge is -2.07. The van der Waals surface area contributed by atoms with Crippen molar-refractivity contribution in [1.82, 2.24) is 0 Å². The summed E-state index contributed by atoms with van der Waals surface area (Å²) >= 11 is 3.35. The molecule has 0 aliphatic rings. The average molecular weight is 467 g/mol. The Morgan fingerprint density at radius 3 is 1.36 bits per heavy atom. The molecule has 0 atom stereocenters. The van der Waals surface area contributed by atoms with Gasteiger partial charge in [-0.2, -0.15) is 0 Å². The zero-order chi connectivity index (χ0) is 22.9. The molecule has 0 aliphatic carbocycles. The van der Waals surface area contributed by atoms with Gasteiger partial charge in [0.2, 0.25) is 0 Å². The first-order valence-corrected chi connectivity index (χ1v) is 12.5. The van der Waals surface area contributed by atoms with Crippen molar-refractivity contribution in [3.63, 3.8) is 0 Å². The maximum atomic E-state index is 12.5. The van der Waals surface area contributed by atoms with E-state index in [4.69, 9.17) is 0 Å². The molecule has 0 saturated carbocycles. The standard InChI is InChI=1S/C16H14OS.C13H8OS/c1-10(2)11-7-8-15-13(9-11)16(17)12-5-3-4-6-14(12)18-15;14-13-9-5-1-3-7-11(9)15-12-8-4-2-6-10(12)13/h3-10H,1-2H3;1-8H. The fraction of sp³-hybridized carbons (Fsp3) is 0.103. The van der Waals surface area contributed by atoms with Crippen molar-refractivity contribution < 1.29 is 0 Å². The second-order valence-electron chi connectivity index (χ2n) is 8.26. The molecule has 4 heteroatoms. The van der Waals surface area contributed by atoms with E-state index < -0.39 is 0 Å². The van der Waals surface area contributed by atoms with Crippen LogP contribution in [0.5, 0.6) is 0 Å². The van der Waals surface area contributed by atoms with Gasteiger partial charge in [-0.25, -0.2) is 0 Å². The Kier molecular flexibility index (Phi) is 5.79. The van der Waals surface area contributed by atoms with Gasteiger partial charge in [0.25, 0.3) is 0 Å². The van der Waals surface area contributed by atoms with Gasteiger partial charge in [-0.15, -0.1) is 22.7 Å². The highest BCUT2D eigenvalue weighted by Crippen LogP contribution is 2.27. The first-order valence-electron chi connectivity index (χ1n) is 10.9. The molecule has 2 nitrogen and oxygen atoms in total. The number of rotatable bonds is 1. The van der Waals surface area contributed by atoms with Gasteiger partial charge >= 0.3 is 0 Å². The van der Waals surface area contributed by atoms with Gasteiger partial charge in [0.15, 0.2) is 10.9 Å². The van der Waals surface area contributed by atoms with E-state index in [1.807, 2.05) is 78.9 Å². The van der Waals surface area contributed by atoms with Crippen LogP contribution in [0.1, 0.15) is 25.3 Å². The van der Waals surface area contributed by atoms with Crippen molar-refractivity contribution in [1.29, 1.82) is 0 Å². The van der Waals surface area contributed by atoms with E-state index in [1.165, 1.54) is 5.56 Å². The lowest BCUT2D eigenvalue weighted by molar-refractivity contribution is 0.869. The van der Waals surface area contributed by atoms with Crippen LogP contribution in [-0.4, -0.2) is 0 Å². The first-order chi connectivity index (χ1) is 16.0. The van der Waals surface area contributed by atoms with Gasteiger partial charge < -0.3 is 0 Å². The third-order valence-corrected chi connectivity index (χ3v) is 8.05. The summed E-state index contributed by atoms with van der Waals surface area (Å²) in [7, 11) is 0. The largest absolute Gasteiger partial charge is 0.289 e. The molecule has 2 heterocycles. The second-order valence-corrected chi connectivity index (χ2v) is 10.4. The molecule has 0 aliphatic heterocycles. The number of hydrogen-bond donors (Lipinski definition) is 0. The fourth-order valence-corrected chi connectivity index (χ4v) is 6.05. The zero-order valence-corrected chi connectivity index (χ0v) is 20.0. The summed E-state index contributed by atoms with van der Waals surface area (Å²) in [4.78, 5) is 24.6. The van der Waals surface area contributed by atoms with Crippen molar-refractivity contribution in [2.75, 3.05) is 0 Å². The van der Waals surface area contributed by atoms with Crippen molar-refractivity contribution in [2.45, 2.75) is 19.8 Å². The Hall–Kier alpha value is -3.34. The van der Waals surface area contributed by atoms with Crippen LogP contribution < -0.4 is 10.9 Å². The summed E-state index contributed by atoms with van der Waals surface area (Å²) in [6.45, 7) is 4.30. The molecule has 0 radical (unpaired) electrons. The van der Waals surface area contributed by atoms with E-state index in [2.05, 4.69) is 26.0 Å². The average Bonchev–Trinajstić information content (AvgIpc) is 2.85. The number of hydrogen-bond acceptors (Lipinski definition) is 4. The van der Waals surface area contributed by atoms with Crippen LogP contribution in [0.25, 0.3) is 40.3 Å². The van der Waals surface area contributed by atoms with Crippen LogP contribution in [0.15, 0.2) is 101 Å².